The van der Waals surface area contributed by atoms with Gasteiger partial charge in [0.2, 0.25) is 15.9 Å². The van der Waals surface area contributed by atoms with Gasteiger partial charge in [-0.3, -0.25) is 9.59 Å². The second kappa shape index (κ2) is 10.9. The van der Waals surface area contributed by atoms with Crippen molar-refractivity contribution in [2.45, 2.75) is 32.1 Å². The van der Waals surface area contributed by atoms with E-state index >= 15 is 0 Å². The second-order valence-corrected chi connectivity index (χ2v) is 8.76. The van der Waals surface area contributed by atoms with Crippen molar-refractivity contribution in [1.29, 1.82) is 0 Å². The van der Waals surface area contributed by atoms with Crippen molar-refractivity contribution in [1.82, 2.24) is 10.0 Å². The highest BCUT2D eigenvalue weighted by atomic mass is 32.2. The van der Waals surface area contributed by atoms with E-state index in [-0.39, 0.29) is 29.6 Å². The average molecular weight is 432 g/mol. The van der Waals surface area contributed by atoms with Crippen LogP contribution in [-0.2, 0) is 14.8 Å². The quantitative estimate of drug-likeness (QED) is 0.533. The highest BCUT2D eigenvalue weighted by Gasteiger charge is 2.14. The summed E-state index contributed by atoms with van der Waals surface area (Å²) < 4.78 is 27.0. The maximum atomic E-state index is 12.3. The molecule has 0 radical (unpaired) electrons. The van der Waals surface area contributed by atoms with Gasteiger partial charge >= 0.3 is 0 Å². The molecule has 0 saturated heterocycles. The molecule has 1 amide bonds. The maximum absolute atomic E-state index is 12.3. The number of hydrogen-bond acceptors (Lipinski definition) is 5. The van der Waals surface area contributed by atoms with Gasteiger partial charge in [0.15, 0.2) is 5.78 Å². The number of anilines is 1. The summed E-state index contributed by atoms with van der Waals surface area (Å²) in [6.07, 6.45) is 0.0430. The lowest BCUT2D eigenvalue weighted by Gasteiger charge is -2.23. The summed E-state index contributed by atoms with van der Waals surface area (Å²) in [7, 11) is -3.73. The van der Waals surface area contributed by atoms with Gasteiger partial charge in [-0.2, -0.15) is 0 Å². The predicted molar refractivity (Wildman–Crippen MR) is 118 cm³/mol. The number of hydrogen-bond donors (Lipinski definition) is 2. The van der Waals surface area contributed by atoms with Crippen LogP contribution in [0.1, 0.15) is 36.2 Å². The van der Waals surface area contributed by atoms with Crippen molar-refractivity contribution in [3.8, 4) is 0 Å². The topological polar surface area (TPSA) is 95.6 Å². The van der Waals surface area contributed by atoms with Crippen LogP contribution >= 0.6 is 0 Å². The summed E-state index contributed by atoms with van der Waals surface area (Å²) in [5, 5.41) is 2.82. The monoisotopic (exact) mass is 431 g/mol. The molecule has 2 rings (SSSR count). The van der Waals surface area contributed by atoms with E-state index in [1.807, 2.05) is 25.1 Å². The minimum absolute atomic E-state index is 0.00199. The molecule has 30 heavy (non-hydrogen) atoms. The molecule has 0 aromatic heterocycles. The Hall–Kier alpha value is -2.71. The Morgan fingerprint density at radius 1 is 1.03 bits per heavy atom. The molecule has 0 atom stereocenters. The largest absolute Gasteiger partial charge is 0.370 e. The fourth-order valence-corrected chi connectivity index (χ4v) is 4.00. The number of amides is 1. The average Bonchev–Trinajstić information content (AvgIpc) is 2.71. The zero-order valence-electron chi connectivity index (χ0n) is 17.6. The fraction of sp³-hybridized carbons (Fsp3) is 0.364. The zero-order valence-corrected chi connectivity index (χ0v) is 18.5. The van der Waals surface area contributed by atoms with Crippen LogP contribution in [0.15, 0.2) is 53.4 Å². The molecule has 0 spiro atoms. The molecule has 2 aromatic rings. The van der Waals surface area contributed by atoms with Crippen LogP contribution in [-0.4, -0.2) is 46.3 Å². The molecule has 0 unspecified atom stereocenters. The lowest BCUT2D eigenvalue weighted by molar-refractivity contribution is -0.120. The summed E-state index contributed by atoms with van der Waals surface area (Å²) >= 11 is 0. The molecule has 0 heterocycles. The van der Waals surface area contributed by atoms with Crippen LogP contribution in [0.25, 0.3) is 0 Å². The first-order valence-corrected chi connectivity index (χ1v) is 11.4. The molecular weight excluding hydrogens is 402 g/mol. The standard InChI is InChI=1S/C22H29N3O4S/c1-4-25(20-7-5-6-17(2)16-20)15-14-23-22(27)12-13-24-30(28,29)21-10-8-19(9-11-21)18(3)26/h5-11,16,24H,4,12-15H2,1-3H3,(H,23,27). The van der Waals surface area contributed by atoms with Crippen molar-refractivity contribution in [2.75, 3.05) is 31.1 Å². The Labute approximate surface area is 178 Å². The molecule has 162 valence electrons. The van der Waals surface area contributed by atoms with Crippen LogP contribution in [0.3, 0.4) is 0 Å². The van der Waals surface area contributed by atoms with E-state index in [1.54, 1.807) is 0 Å². The highest BCUT2D eigenvalue weighted by molar-refractivity contribution is 7.89. The normalized spacial score (nSPS) is 11.2. The van der Waals surface area contributed by atoms with Gasteiger partial charge in [0.25, 0.3) is 0 Å². The smallest absolute Gasteiger partial charge is 0.240 e. The summed E-state index contributed by atoms with van der Waals surface area (Å²) in [4.78, 5) is 25.6. The molecule has 0 aliphatic rings. The van der Waals surface area contributed by atoms with Gasteiger partial charge < -0.3 is 10.2 Å². The third-order valence-corrected chi connectivity index (χ3v) is 6.14. The number of nitrogens with zero attached hydrogens (tertiary/aromatic N) is 1. The molecule has 0 fully saturated rings. The molecule has 0 bridgehead atoms. The molecule has 0 aliphatic carbocycles. The van der Waals surface area contributed by atoms with Gasteiger partial charge in [0.1, 0.15) is 0 Å². The number of sulfonamides is 1. The zero-order chi connectivity index (χ0) is 22.1. The van der Waals surface area contributed by atoms with Crippen LogP contribution in [0, 0.1) is 6.92 Å². The SMILES string of the molecule is CCN(CCNC(=O)CCNS(=O)(=O)c1ccc(C(C)=O)cc1)c1cccc(C)c1. The van der Waals surface area contributed by atoms with E-state index < -0.39 is 10.0 Å². The number of nitrogens with one attached hydrogen (secondary N) is 2. The van der Waals surface area contributed by atoms with Crippen molar-refractivity contribution >= 4 is 27.4 Å². The molecular formula is C22H29N3O4S. The summed E-state index contributed by atoms with van der Waals surface area (Å²) in [5.74, 6) is -0.350. The van der Waals surface area contributed by atoms with Crippen molar-refractivity contribution in [2.24, 2.45) is 0 Å². The van der Waals surface area contributed by atoms with Crippen LogP contribution in [0.5, 0.6) is 0 Å². The van der Waals surface area contributed by atoms with Gasteiger partial charge in [-0.25, -0.2) is 13.1 Å². The number of aryl methyl sites for hydroxylation is 1. The lowest BCUT2D eigenvalue weighted by atomic mass is 10.2. The van der Waals surface area contributed by atoms with Crippen molar-refractivity contribution < 1.29 is 18.0 Å². The molecule has 0 aliphatic heterocycles. The first kappa shape index (κ1) is 23.6. The van der Waals surface area contributed by atoms with Gasteiger partial charge in [-0.1, -0.05) is 24.3 Å². The Morgan fingerprint density at radius 3 is 2.33 bits per heavy atom. The molecule has 0 saturated carbocycles. The van der Waals surface area contributed by atoms with E-state index in [0.29, 0.717) is 18.7 Å². The van der Waals surface area contributed by atoms with E-state index in [0.717, 1.165) is 12.2 Å². The third kappa shape index (κ3) is 6.96. The van der Waals surface area contributed by atoms with Crippen LogP contribution < -0.4 is 14.9 Å². The summed E-state index contributed by atoms with van der Waals surface area (Å²) in [6.45, 7) is 7.47. The minimum Gasteiger partial charge on any atom is -0.370 e. The second-order valence-electron chi connectivity index (χ2n) is 7.00. The van der Waals surface area contributed by atoms with Gasteiger partial charge in [0.05, 0.1) is 4.90 Å². The highest BCUT2D eigenvalue weighted by Crippen LogP contribution is 2.15. The van der Waals surface area contributed by atoms with Gasteiger partial charge in [0, 0.05) is 43.9 Å². The van der Waals surface area contributed by atoms with Crippen molar-refractivity contribution in [3.63, 3.8) is 0 Å². The van der Waals surface area contributed by atoms with Crippen molar-refractivity contribution in [3.05, 3.63) is 59.7 Å². The third-order valence-electron chi connectivity index (χ3n) is 4.67. The number of likely N-dealkylation sites (N-methyl/N-ethyl adjacent to an activating group) is 1. The molecule has 2 aromatic carbocycles. The Balaban J connectivity index is 1.76. The van der Waals surface area contributed by atoms with Gasteiger partial charge in [-0.15, -0.1) is 0 Å². The van der Waals surface area contributed by atoms with Crippen LogP contribution in [0.4, 0.5) is 5.69 Å². The predicted octanol–water partition coefficient (Wildman–Crippen LogP) is 2.51. The molecule has 2 N–H and O–H groups in total. The minimum atomic E-state index is -3.73. The number of carbonyl (C=O) groups is 2. The Morgan fingerprint density at radius 2 is 1.73 bits per heavy atom. The van der Waals surface area contributed by atoms with Gasteiger partial charge in [-0.05, 0) is 50.6 Å². The number of benzene rings is 2. The van der Waals surface area contributed by atoms with E-state index in [1.165, 1.54) is 36.8 Å². The number of rotatable bonds is 11. The van der Waals surface area contributed by atoms with E-state index in [9.17, 15) is 18.0 Å². The number of ketones is 1. The lowest BCUT2D eigenvalue weighted by Crippen LogP contribution is -2.36. The molecule has 7 nitrogen and oxygen atoms in total. The van der Waals surface area contributed by atoms with E-state index in [4.69, 9.17) is 0 Å². The Bertz CT molecular complexity index is 972. The number of carbonyl (C=O) groups excluding carboxylic acids is 2. The fourth-order valence-electron chi connectivity index (χ4n) is 2.96. The maximum Gasteiger partial charge on any atom is 0.240 e. The first-order valence-electron chi connectivity index (χ1n) is 9.92. The first-order chi connectivity index (χ1) is 14.2. The summed E-state index contributed by atoms with van der Waals surface area (Å²) in [6, 6.07) is 13.9. The van der Waals surface area contributed by atoms with Crippen LogP contribution in [0.2, 0.25) is 0 Å². The Kier molecular flexibility index (Phi) is 8.56. The van der Waals surface area contributed by atoms with E-state index in [2.05, 4.69) is 27.9 Å². The number of Topliss-reactive ketones (excluding diaryl/α,β-unsaturated/α-hetero) is 1. The molecule has 8 heteroatoms. The summed E-state index contributed by atoms with van der Waals surface area (Å²) in [5.41, 5.74) is 2.73.